The van der Waals surface area contributed by atoms with E-state index in [-0.39, 0.29) is 0 Å². The van der Waals surface area contributed by atoms with E-state index >= 15 is 0 Å². The summed E-state index contributed by atoms with van der Waals surface area (Å²) < 4.78 is 16.7. The van der Waals surface area contributed by atoms with Crippen molar-refractivity contribution < 1.29 is 14.2 Å². The van der Waals surface area contributed by atoms with Crippen LogP contribution in [0.15, 0.2) is 35.0 Å². The highest BCUT2D eigenvalue weighted by atomic mass is 32.1. The zero-order valence-corrected chi connectivity index (χ0v) is 15.3. The first-order chi connectivity index (χ1) is 12.4. The molecule has 2 aromatic heterocycles. The molecule has 0 N–H and O–H groups in total. The molecule has 0 aliphatic carbocycles. The summed E-state index contributed by atoms with van der Waals surface area (Å²) in [6.45, 7) is 3.24. The molecule has 0 saturated carbocycles. The smallest absolute Gasteiger partial charge is 0.123 e. The van der Waals surface area contributed by atoms with Gasteiger partial charge in [-0.2, -0.15) is 0 Å². The Morgan fingerprint density at radius 2 is 1.24 bits per heavy atom. The number of fused-ring (bicyclic) bond motifs is 8. The quantitative estimate of drug-likeness (QED) is 0.595. The second-order valence-electron chi connectivity index (χ2n) is 5.59. The van der Waals surface area contributed by atoms with Gasteiger partial charge in [0.05, 0.1) is 51.0 Å². The molecule has 1 aromatic carbocycles. The molecule has 0 unspecified atom stereocenters. The summed E-state index contributed by atoms with van der Waals surface area (Å²) in [5.74, 6) is 0. The van der Waals surface area contributed by atoms with E-state index in [1.54, 1.807) is 22.7 Å². The molecular formula is C18H18N2O3S2. The lowest BCUT2D eigenvalue weighted by Crippen LogP contribution is -2.09. The van der Waals surface area contributed by atoms with Crippen LogP contribution in [0.2, 0.25) is 0 Å². The van der Waals surface area contributed by atoms with Crippen LogP contribution in [0.5, 0.6) is 0 Å². The lowest BCUT2D eigenvalue weighted by Gasteiger charge is -2.06. The maximum absolute atomic E-state index is 5.62. The average Bonchev–Trinajstić information content (AvgIpc) is 3.29. The van der Waals surface area contributed by atoms with Crippen LogP contribution in [0.4, 0.5) is 0 Å². The first-order valence-corrected chi connectivity index (χ1v) is 9.87. The molecule has 25 heavy (non-hydrogen) atoms. The van der Waals surface area contributed by atoms with Crippen LogP contribution < -0.4 is 0 Å². The van der Waals surface area contributed by atoms with Crippen LogP contribution in [0.3, 0.4) is 0 Å². The predicted molar refractivity (Wildman–Crippen MR) is 98.8 cm³/mol. The Morgan fingerprint density at radius 3 is 1.80 bits per heavy atom. The van der Waals surface area contributed by atoms with Gasteiger partial charge in [-0.05, 0) is 6.07 Å². The van der Waals surface area contributed by atoms with Gasteiger partial charge in [-0.3, -0.25) is 0 Å². The molecular weight excluding hydrogens is 356 g/mol. The molecule has 4 rings (SSSR count). The zero-order valence-electron chi connectivity index (χ0n) is 13.6. The fourth-order valence-electron chi connectivity index (χ4n) is 2.49. The highest BCUT2D eigenvalue weighted by molar-refractivity contribution is 7.13. The summed E-state index contributed by atoms with van der Waals surface area (Å²) in [7, 11) is 0. The Labute approximate surface area is 154 Å². The number of nitrogens with zero attached hydrogens (tertiary/aromatic N) is 2. The van der Waals surface area contributed by atoms with Crippen molar-refractivity contribution in [2.75, 3.05) is 26.4 Å². The second kappa shape index (κ2) is 8.16. The molecule has 0 amide bonds. The molecule has 0 radical (unpaired) electrons. The fourth-order valence-corrected chi connectivity index (χ4v) is 4.09. The van der Waals surface area contributed by atoms with Gasteiger partial charge in [0.1, 0.15) is 10.0 Å². The molecule has 0 spiro atoms. The second-order valence-corrected chi connectivity index (χ2v) is 7.30. The first-order valence-electron chi connectivity index (χ1n) is 8.11. The number of thiazole rings is 2. The molecule has 6 bridgehead atoms. The molecule has 1 aliphatic rings. The molecule has 3 heterocycles. The molecule has 0 atom stereocenters. The summed E-state index contributed by atoms with van der Waals surface area (Å²) in [6.07, 6.45) is 0. The van der Waals surface area contributed by atoms with Gasteiger partial charge in [0, 0.05) is 21.9 Å². The summed E-state index contributed by atoms with van der Waals surface area (Å²) in [5, 5.41) is 6.09. The van der Waals surface area contributed by atoms with E-state index in [1.807, 2.05) is 10.8 Å². The van der Waals surface area contributed by atoms with Crippen LogP contribution in [-0.2, 0) is 27.4 Å². The normalized spacial score (nSPS) is 16.2. The molecule has 0 saturated heterocycles. The minimum atomic E-state index is 0.506. The van der Waals surface area contributed by atoms with Crippen molar-refractivity contribution in [2.45, 2.75) is 13.2 Å². The summed E-state index contributed by atoms with van der Waals surface area (Å²) in [5.41, 5.74) is 4.11. The number of hydrogen-bond donors (Lipinski definition) is 0. The van der Waals surface area contributed by atoms with Gasteiger partial charge in [-0.15, -0.1) is 22.7 Å². The molecule has 3 aromatic rings. The van der Waals surface area contributed by atoms with Crippen LogP contribution in [-0.4, -0.2) is 36.4 Å². The Bertz CT molecular complexity index is 768. The van der Waals surface area contributed by atoms with Crippen LogP contribution in [0.1, 0.15) is 11.4 Å². The highest BCUT2D eigenvalue weighted by Gasteiger charge is 2.10. The largest absolute Gasteiger partial charge is 0.377 e. The van der Waals surface area contributed by atoms with E-state index in [0.717, 1.165) is 32.5 Å². The third kappa shape index (κ3) is 4.31. The van der Waals surface area contributed by atoms with Gasteiger partial charge >= 0.3 is 0 Å². The topological polar surface area (TPSA) is 53.5 Å². The number of aromatic nitrogens is 2. The van der Waals surface area contributed by atoms with Crippen LogP contribution in [0.25, 0.3) is 21.1 Å². The van der Waals surface area contributed by atoms with Crippen molar-refractivity contribution in [3.05, 3.63) is 46.4 Å². The SMILES string of the molecule is c1cc2cc(c1)-c1nc(cs1)COCCOCCOCc1csc-2n1. The van der Waals surface area contributed by atoms with E-state index in [9.17, 15) is 0 Å². The number of rotatable bonds is 0. The maximum Gasteiger partial charge on any atom is 0.123 e. The van der Waals surface area contributed by atoms with Crippen LogP contribution in [0, 0.1) is 0 Å². The number of benzene rings is 1. The third-order valence-corrected chi connectivity index (χ3v) is 5.58. The monoisotopic (exact) mass is 374 g/mol. The molecule has 0 fully saturated rings. The first kappa shape index (κ1) is 16.8. The van der Waals surface area contributed by atoms with Crippen molar-refractivity contribution in [1.82, 2.24) is 9.97 Å². The summed E-state index contributed by atoms with van der Waals surface area (Å²) in [4.78, 5) is 9.36. The molecule has 130 valence electrons. The Hall–Kier alpha value is -1.64. The van der Waals surface area contributed by atoms with E-state index in [2.05, 4.69) is 34.2 Å². The molecule has 1 aliphatic heterocycles. The Morgan fingerprint density at radius 1 is 0.720 bits per heavy atom. The van der Waals surface area contributed by atoms with Crippen molar-refractivity contribution >= 4 is 22.7 Å². The minimum Gasteiger partial charge on any atom is -0.377 e. The number of hydrogen-bond acceptors (Lipinski definition) is 7. The third-order valence-electron chi connectivity index (χ3n) is 3.70. The van der Waals surface area contributed by atoms with Gasteiger partial charge < -0.3 is 14.2 Å². The lowest BCUT2D eigenvalue weighted by molar-refractivity contribution is 0.00618. The molecule has 5 nitrogen and oxygen atoms in total. The number of ether oxygens (including phenoxy) is 3. The summed E-state index contributed by atoms with van der Waals surface area (Å²) in [6, 6.07) is 8.35. The van der Waals surface area contributed by atoms with E-state index < -0.39 is 0 Å². The molecule has 7 heteroatoms. The minimum absolute atomic E-state index is 0.506. The van der Waals surface area contributed by atoms with Crippen molar-refractivity contribution in [1.29, 1.82) is 0 Å². The zero-order chi connectivity index (χ0) is 16.9. The van der Waals surface area contributed by atoms with Gasteiger partial charge in [0.25, 0.3) is 0 Å². The average molecular weight is 374 g/mol. The standard InChI is InChI=1S/C18H18N2O3S2/c1-2-13-8-14(3-1)18-20-16(12-25-18)10-23-7-5-21-4-6-22-9-15-11-24-17(13)19-15/h1-3,8,11-12H,4-7,9-10H2. The van der Waals surface area contributed by atoms with Gasteiger partial charge in [-0.1, -0.05) is 18.2 Å². The highest BCUT2D eigenvalue weighted by Crippen LogP contribution is 2.30. The Balaban J connectivity index is 1.62. The van der Waals surface area contributed by atoms with Gasteiger partial charge in [0.2, 0.25) is 0 Å². The Kier molecular flexibility index (Phi) is 5.49. The fraction of sp³-hybridized carbons (Fsp3) is 0.333. The summed E-state index contributed by atoms with van der Waals surface area (Å²) >= 11 is 3.27. The van der Waals surface area contributed by atoms with Crippen molar-refractivity contribution in [3.63, 3.8) is 0 Å². The lowest BCUT2D eigenvalue weighted by atomic mass is 10.1. The van der Waals surface area contributed by atoms with Crippen molar-refractivity contribution in [3.8, 4) is 21.1 Å². The van der Waals surface area contributed by atoms with Crippen molar-refractivity contribution in [2.24, 2.45) is 0 Å². The van der Waals surface area contributed by atoms with E-state index in [1.165, 1.54) is 0 Å². The van der Waals surface area contributed by atoms with E-state index in [0.29, 0.717) is 39.6 Å². The maximum atomic E-state index is 5.62. The van der Waals surface area contributed by atoms with Gasteiger partial charge in [-0.25, -0.2) is 9.97 Å². The van der Waals surface area contributed by atoms with Gasteiger partial charge in [0.15, 0.2) is 0 Å². The predicted octanol–water partition coefficient (Wildman–Crippen LogP) is 4.00. The van der Waals surface area contributed by atoms with E-state index in [4.69, 9.17) is 14.2 Å². The van der Waals surface area contributed by atoms with Crippen LogP contribution >= 0.6 is 22.7 Å².